The molecule has 1 aromatic rings. The molecule has 3 N–H and O–H groups in total. The first kappa shape index (κ1) is 15.7. The lowest BCUT2D eigenvalue weighted by Crippen LogP contribution is -2.29. The number of hydrogen-bond acceptors (Lipinski definition) is 4. The summed E-state index contributed by atoms with van der Waals surface area (Å²) in [6.45, 7) is 6.80. The number of hydrogen-bond donors (Lipinski definition) is 2. The maximum atomic E-state index is 11.9. The molecule has 0 saturated heterocycles. The molecule has 4 nitrogen and oxygen atoms in total. The minimum atomic E-state index is -0.358. The van der Waals surface area contributed by atoms with Gasteiger partial charge in [-0.25, -0.2) is 4.79 Å². The fourth-order valence-corrected chi connectivity index (χ4v) is 2.81. The Hall–Kier alpha value is -1.71. The van der Waals surface area contributed by atoms with E-state index in [0.29, 0.717) is 29.3 Å². The van der Waals surface area contributed by atoms with Crippen molar-refractivity contribution in [3.05, 3.63) is 23.8 Å². The van der Waals surface area contributed by atoms with Gasteiger partial charge in [0.05, 0.1) is 12.2 Å². The van der Waals surface area contributed by atoms with E-state index in [-0.39, 0.29) is 5.97 Å². The highest BCUT2D eigenvalue weighted by Crippen LogP contribution is 2.36. The SMILES string of the molecule is CCOC(=O)c1cc(NC2CCC(C)(C)CC2)ccc1N. The fourth-order valence-electron chi connectivity index (χ4n) is 2.81. The van der Waals surface area contributed by atoms with Crippen LogP contribution in [0.1, 0.15) is 56.8 Å². The summed E-state index contributed by atoms with van der Waals surface area (Å²) in [5.41, 5.74) is 8.16. The Morgan fingerprint density at radius 2 is 2.05 bits per heavy atom. The summed E-state index contributed by atoms with van der Waals surface area (Å²) in [5, 5.41) is 3.52. The lowest BCUT2D eigenvalue weighted by atomic mass is 9.75. The number of esters is 1. The summed E-state index contributed by atoms with van der Waals surface area (Å²) in [5.74, 6) is -0.358. The number of carbonyl (C=O) groups is 1. The van der Waals surface area contributed by atoms with Crippen LogP contribution in [0.2, 0.25) is 0 Å². The van der Waals surface area contributed by atoms with Crippen molar-refractivity contribution >= 4 is 17.3 Å². The van der Waals surface area contributed by atoms with Crippen molar-refractivity contribution in [2.45, 2.75) is 52.5 Å². The van der Waals surface area contributed by atoms with E-state index in [4.69, 9.17) is 10.5 Å². The van der Waals surface area contributed by atoms with Crippen molar-refractivity contribution < 1.29 is 9.53 Å². The van der Waals surface area contributed by atoms with Crippen molar-refractivity contribution in [3.8, 4) is 0 Å². The number of nitrogens with one attached hydrogen (secondary N) is 1. The van der Waals surface area contributed by atoms with E-state index in [1.54, 1.807) is 19.1 Å². The summed E-state index contributed by atoms with van der Waals surface area (Å²) in [7, 11) is 0. The molecule has 116 valence electrons. The molecule has 0 bridgehead atoms. The lowest BCUT2D eigenvalue weighted by molar-refractivity contribution is 0.0527. The number of ether oxygens (including phenoxy) is 1. The Morgan fingerprint density at radius 1 is 1.38 bits per heavy atom. The highest BCUT2D eigenvalue weighted by Gasteiger charge is 2.26. The lowest BCUT2D eigenvalue weighted by Gasteiger charge is -2.35. The fraction of sp³-hybridized carbons (Fsp3) is 0.588. The maximum absolute atomic E-state index is 11.9. The van der Waals surface area contributed by atoms with Crippen molar-refractivity contribution in [2.24, 2.45) is 5.41 Å². The van der Waals surface area contributed by atoms with E-state index < -0.39 is 0 Å². The van der Waals surface area contributed by atoms with Crippen LogP contribution in [-0.4, -0.2) is 18.6 Å². The second-order valence-electron chi connectivity index (χ2n) is 6.61. The number of nitrogen functional groups attached to an aromatic ring is 1. The molecule has 1 fully saturated rings. The highest BCUT2D eigenvalue weighted by atomic mass is 16.5. The standard InChI is InChI=1S/C17H26N2O2/c1-4-21-16(20)14-11-13(5-6-15(14)18)19-12-7-9-17(2,3)10-8-12/h5-6,11-12,19H,4,7-10,18H2,1-3H3. The predicted molar refractivity (Wildman–Crippen MR) is 86.5 cm³/mol. The summed E-state index contributed by atoms with van der Waals surface area (Å²) in [6.07, 6.45) is 4.77. The van der Waals surface area contributed by atoms with Crippen LogP contribution >= 0.6 is 0 Å². The van der Waals surface area contributed by atoms with Gasteiger partial charge in [-0.05, 0) is 56.2 Å². The van der Waals surface area contributed by atoms with Crippen LogP contribution in [0, 0.1) is 5.41 Å². The third kappa shape index (κ3) is 4.13. The van der Waals surface area contributed by atoms with Gasteiger partial charge >= 0.3 is 5.97 Å². The third-order valence-corrected chi connectivity index (χ3v) is 4.26. The first-order chi connectivity index (χ1) is 9.91. The number of rotatable bonds is 4. The largest absolute Gasteiger partial charge is 0.462 e. The molecule has 1 saturated carbocycles. The van der Waals surface area contributed by atoms with Gasteiger partial charge in [-0.1, -0.05) is 13.8 Å². The van der Waals surface area contributed by atoms with Crippen LogP contribution in [0.3, 0.4) is 0 Å². The van der Waals surface area contributed by atoms with E-state index in [2.05, 4.69) is 19.2 Å². The van der Waals surface area contributed by atoms with Gasteiger partial charge in [0.25, 0.3) is 0 Å². The van der Waals surface area contributed by atoms with Crippen molar-refractivity contribution in [1.82, 2.24) is 0 Å². The minimum absolute atomic E-state index is 0.355. The van der Waals surface area contributed by atoms with Crippen molar-refractivity contribution in [2.75, 3.05) is 17.7 Å². The maximum Gasteiger partial charge on any atom is 0.340 e. The molecule has 0 unspecified atom stereocenters. The monoisotopic (exact) mass is 290 g/mol. The Bertz CT molecular complexity index is 502. The van der Waals surface area contributed by atoms with E-state index in [9.17, 15) is 4.79 Å². The number of anilines is 2. The second-order valence-corrected chi connectivity index (χ2v) is 6.61. The topological polar surface area (TPSA) is 64.3 Å². The predicted octanol–water partition coefficient (Wildman–Crippen LogP) is 3.83. The highest BCUT2D eigenvalue weighted by molar-refractivity contribution is 5.96. The summed E-state index contributed by atoms with van der Waals surface area (Å²) in [6, 6.07) is 5.96. The van der Waals surface area contributed by atoms with E-state index in [1.807, 2.05) is 6.07 Å². The van der Waals surface area contributed by atoms with Crippen LogP contribution in [0.5, 0.6) is 0 Å². The smallest absolute Gasteiger partial charge is 0.340 e. The van der Waals surface area contributed by atoms with Gasteiger partial charge in [-0.3, -0.25) is 0 Å². The molecule has 1 aliphatic carbocycles. The molecule has 0 radical (unpaired) electrons. The molecule has 0 amide bonds. The number of benzene rings is 1. The molecule has 1 aliphatic rings. The van der Waals surface area contributed by atoms with Crippen LogP contribution in [-0.2, 0) is 4.74 Å². The van der Waals surface area contributed by atoms with Crippen molar-refractivity contribution in [3.63, 3.8) is 0 Å². The minimum Gasteiger partial charge on any atom is -0.462 e. The van der Waals surface area contributed by atoms with Crippen LogP contribution < -0.4 is 11.1 Å². The van der Waals surface area contributed by atoms with Gasteiger partial charge in [0, 0.05) is 17.4 Å². The molecule has 21 heavy (non-hydrogen) atoms. The van der Waals surface area contributed by atoms with Crippen LogP contribution in [0.4, 0.5) is 11.4 Å². The van der Waals surface area contributed by atoms with Crippen LogP contribution in [0.15, 0.2) is 18.2 Å². The van der Waals surface area contributed by atoms with Gasteiger partial charge < -0.3 is 15.8 Å². The van der Waals surface area contributed by atoms with Crippen molar-refractivity contribution in [1.29, 1.82) is 0 Å². The Balaban J connectivity index is 2.04. The van der Waals surface area contributed by atoms with Gasteiger partial charge in [0.15, 0.2) is 0 Å². The summed E-state index contributed by atoms with van der Waals surface area (Å²) in [4.78, 5) is 11.9. The molecule has 0 heterocycles. The van der Waals surface area contributed by atoms with Gasteiger partial charge in [0.2, 0.25) is 0 Å². The van der Waals surface area contributed by atoms with Gasteiger partial charge in [-0.2, -0.15) is 0 Å². The first-order valence-corrected chi connectivity index (χ1v) is 7.74. The zero-order valence-electron chi connectivity index (χ0n) is 13.2. The molecule has 1 aromatic carbocycles. The van der Waals surface area contributed by atoms with Gasteiger partial charge in [0.1, 0.15) is 0 Å². The first-order valence-electron chi connectivity index (χ1n) is 7.74. The van der Waals surface area contributed by atoms with Crippen LogP contribution in [0.25, 0.3) is 0 Å². The van der Waals surface area contributed by atoms with E-state index >= 15 is 0 Å². The zero-order valence-corrected chi connectivity index (χ0v) is 13.2. The summed E-state index contributed by atoms with van der Waals surface area (Å²) >= 11 is 0. The normalized spacial score (nSPS) is 18.2. The molecular formula is C17H26N2O2. The molecular weight excluding hydrogens is 264 g/mol. The zero-order chi connectivity index (χ0) is 15.5. The molecule has 0 aromatic heterocycles. The number of nitrogens with two attached hydrogens (primary N) is 1. The number of carbonyl (C=O) groups excluding carboxylic acids is 1. The Labute approximate surface area is 127 Å². The third-order valence-electron chi connectivity index (χ3n) is 4.26. The molecule has 0 aliphatic heterocycles. The van der Waals surface area contributed by atoms with Gasteiger partial charge in [-0.15, -0.1) is 0 Å². The Morgan fingerprint density at radius 3 is 2.67 bits per heavy atom. The molecule has 0 spiro atoms. The average molecular weight is 290 g/mol. The molecule has 2 rings (SSSR count). The Kier molecular flexibility index (Phi) is 4.76. The van der Waals surface area contributed by atoms with E-state index in [0.717, 1.165) is 18.5 Å². The second kappa shape index (κ2) is 6.37. The van der Waals surface area contributed by atoms with E-state index in [1.165, 1.54) is 12.8 Å². The molecule has 0 atom stereocenters. The molecule has 4 heteroatoms. The quantitative estimate of drug-likeness (QED) is 0.653. The average Bonchev–Trinajstić information content (AvgIpc) is 2.43. The summed E-state index contributed by atoms with van der Waals surface area (Å²) < 4.78 is 5.03.